The zero-order valence-corrected chi connectivity index (χ0v) is 8.62. The van der Waals surface area contributed by atoms with Crippen molar-refractivity contribution < 1.29 is 19.6 Å². The molecule has 0 aliphatic carbocycles. The van der Waals surface area contributed by atoms with E-state index < -0.39 is 23.5 Å². The van der Waals surface area contributed by atoms with Gasteiger partial charge in [-0.25, -0.2) is 4.79 Å². The summed E-state index contributed by atoms with van der Waals surface area (Å²) in [6.07, 6.45) is -1.17. The van der Waals surface area contributed by atoms with Crippen LogP contribution in [0.3, 0.4) is 0 Å². The highest BCUT2D eigenvalue weighted by molar-refractivity contribution is 5.89. The SMILES string of the molecule is COC(=O)c1ccc(C(O)C[N+](=O)[O-])cc1. The molecule has 6 nitrogen and oxygen atoms in total. The van der Waals surface area contributed by atoms with E-state index in [4.69, 9.17) is 0 Å². The molecule has 1 aromatic rings. The van der Waals surface area contributed by atoms with Crippen molar-refractivity contribution in [3.8, 4) is 0 Å². The zero-order valence-electron chi connectivity index (χ0n) is 8.62. The first-order valence-corrected chi connectivity index (χ1v) is 4.52. The van der Waals surface area contributed by atoms with Crippen molar-refractivity contribution in [2.75, 3.05) is 13.7 Å². The number of carbonyl (C=O) groups is 1. The number of aliphatic hydroxyl groups is 1. The van der Waals surface area contributed by atoms with Crippen molar-refractivity contribution in [3.05, 3.63) is 45.5 Å². The first kappa shape index (κ1) is 12.1. The van der Waals surface area contributed by atoms with Gasteiger partial charge in [0.1, 0.15) is 6.10 Å². The quantitative estimate of drug-likeness (QED) is 0.464. The number of hydrogen-bond acceptors (Lipinski definition) is 5. The Balaban J connectivity index is 2.78. The summed E-state index contributed by atoms with van der Waals surface area (Å²) < 4.78 is 4.49. The van der Waals surface area contributed by atoms with Gasteiger partial charge in [0.2, 0.25) is 6.54 Å². The van der Waals surface area contributed by atoms with Gasteiger partial charge in [-0.15, -0.1) is 0 Å². The van der Waals surface area contributed by atoms with Gasteiger partial charge in [0, 0.05) is 4.92 Å². The van der Waals surface area contributed by atoms with Crippen molar-refractivity contribution in [2.24, 2.45) is 0 Å². The molecule has 0 fully saturated rings. The molecular weight excluding hydrogens is 214 g/mol. The Morgan fingerprint density at radius 1 is 1.50 bits per heavy atom. The second-order valence-electron chi connectivity index (χ2n) is 3.14. The summed E-state index contributed by atoms with van der Waals surface area (Å²) in [7, 11) is 1.26. The predicted molar refractivity (Wildman–Crippen MR) is 54.6 cm³/mol. The van der Waals surface area contributed by atoms with Gasteiger partial charge in [0.05, 0.1) is 12.7 Å². The molecule has 1 aromatic carbocycles. The molecule has 0 saturated carbocycles. The monoisotopic (exact) mass is 225 g/mol. The fourth-order valence-electron chi connectivity index (χ4n) is 1.21. The van der Waals surface area contributed by atoms with Crippen LogP contribution in [-0.2, 0) is 4.74 Å². The number of aliphatic hydroxyl groups excluding tert-OH is 1. The van der Waals surface area contributed by atoms with Crippen molar-refractivity contribution in [1.29, 1.82) is 0 Å². The Labute approximate surface area is 91.6 Å². The van der Waals surface area contributed by atoms with Crippen LogP contribution in [0.25, 0.3) is 0 Å². The van der Waals surface area contributed by atoms with E-state index in [1.54, 1.807) is 0 Å². The van der Waals surface area contributed by atoms with Gasteiger partial charge >= 0.3 is 5.97 Å². The van der Waals surface area contributed by atoms with Gasteiger partial charge < -0.3 is 9.84 Å². The number of methoxy groups -OCH3 is 1. The van der Waals surface area contributed by atoms with Crippen molar-refractivity contribution >= 4 is 5.97 Å². The van der Waals surface area contributed by atoms with Gasteiger partial charge in [-0.3, -0.25) is 10.1 Å². The average Bonchev–Trinajstić information content (AvgIpc) is 2.27. The Morgan fingerprint density at radius 2 is 2.06 bits per heavy atom. The summed E-state index contributed by atoms with van der Waals surface area (Å²) in [4.78, 5) is 20.7. The Bertz CT molecular complexity index is 387. The topological polar surface area (TPSA) is 89.7 Å². The van der Waals surface area contributed by atoms with Crippen molar-refractivity contribution in [1.82, 2.24) is 0 Å². The molecule has 86 valence electrons. The largest absolute Gasteiger partial charge is 0.465 e. The lowest BCUT2D eigenvalue weighted by molar-refractivity contribution is -0.491. The lowest BCUT2D eigenvalue weighted by Crippen LogP contribution is -2.12. The van der Waals surface area contributed by atoms with E-state index in [0.29, 0.717) is 11.1 Å². The molecule has 0 spiro atoms. The lowest BCUT2D eigenvalue weighted by Gasteiger charge is -2.06. The summed E-state index contributed by atoms with van der Waals surface area (Å²) in [6, 6.07) is 5.81. The van der Waals surface area contributed by atoms with Crippen LogP contribution in [0.4, 0.5) is 0 Å². The van der Waals surface area contributed by atoms with E-state index in [1.807, 2.05) is 0 Å². The van der Waals surface area contributed by atoms with Crippen LogP contribution < -0.4 is 0 Å². The van der Waals surface area contributed by atoms with Gasteiger partial charge in [-0.1, -0.05) is 12.1 Å². The van der Waals surface area contributed by atoms with Crippen LogP contribution in [-0.4, -0.2) is 29.7 Å². The van der Waals surface area contributed by atoms with Gasteiger partial charge in [-0.05, 0) is 17.7 Å². The molecular formula is C10H11NO5. The minimum absolute atomic E-state index is 0.333. The fourth-order valence-corrected chi connectivity index (χ4v) is 1.21. The molecule has 1 unspecified atom stereocenters. The predicted octanol–water partition coefficient (Wildman–Crippen LogP) is 0.783. The van der Waals surface area contributed by atoms with Crippen LogP contribution >= 0.6 is 0 Å². The van der Waals surface area contributed by atoms with E-state index in [9.17, 15) is 20.0 Å². The summed E-state index contributed by atoms with van der Waals surface area (Å²) in [6.45, 7) is -0.558. The second kappa shape index (κ2) is 5.22. The smallest absolute Gasteiger partial charge is 0.337 e. The number of rotatable bonds is 4. The first-order chi connectivity index (χ1) is 7.54. The highest BCUT2D eigenvalue weighted by atomic mass is 16.6. The summed E-state index contributed by atoms with van der Waals surface area (Å²) in [5.41, 5.74) is 0.726. The normalized spacial score (nSPS) is 11.9. The number of esters is 1. The zero-order chi connectivity index (χ0) is 12.1. The molecule has 6 heteroatoms. The molecule has 0 amide bonds. The number of carbonyl (C=O) groups excluding carboxylic acids is 1. The molecule has 0 aliphatic heterocycles. The third-order valence-electron chi connectivity index (χ3n) is 2.04. The maximum Gasteiger partial charge on any atom is 0.337 e. The van der Waals surface area contributed by atoms with E-state index in [-0.39, 0.29) is 0 Å². The standard InChI is InChI=1S/C10H11NO5/c1-16-10(13)8-4-2-7(3-5-8)9(12)6-11(14)15/h2-5,9,12H,6H2,1H3. The first-order valence-electron chi connectivity index (χ1n) is 4.52. The molecule has 1 atom stereocenters. The molecule has 0 saturated heterocycles. The summed E-state index contributed by atoms with van der Waals surface area (Å²) in [5.74, 6) is -0.490. The van der Waals surface area contributed by atoms with Crippen molar-refractivity contribution in [3.63, 3.8) is 0 Å². The Morgan fingerprint density at radius 3 is 2.50 bits per heavy atom. The number of ether oxygens (including phenoxy) is 1. The highest BCUT2D eigenvalue weighted by Crippen LogP contribution is 2.14. The molecule has 0 aliphatic rings. The minimum Gasteiger partial charge on any atom is -0.465 e. The number of benzene rings is 1. The van der Waals surface area contributed by atoms with Crippen LogP contribution in [0.1, 0.15) is 22.0 Å². The van der Waals surface area contributed by atoms with Crippen molar-refractivity contribution in [2.45, 2.75) is 6.10 Å². The molecule has 16 heavy (non-hydrogen) atoms. The Kier molecular flexibility index (Phi) is 3.96. The molecule has 0 radical (unpaired) electrons. The fraction of sp³-hybridized carbons (Fsp3) is 0.300. The van der Waals surface area contributed by atoms with E-state index in [1.165, 1.54) is 31.4 Å². The molecule has 1 rings (SSSR count). The third-order valence-corrected chi connectivity index (χ3v) is 2.04. The highest BCUT2D eigenvalue weighted by Gasteiger charge is 2.14. The van der Waals surface area contributed by atoms with Crippen LogP contribution in [0.2, 0.25) is 0 Å². The van der Waals surface area contributed by atoms with E-state index in [2.05, 4.69) is 4.74 Å². The van der Waals surface area contributed by atoms with Crippen LogP contribution in [0, 0.1) is 10.1 Å². The maximum atomic E-state index is 11.1. The molecule has 0 aromatic heterocycles. The second-order valence-corrected chi connectivity index (χ2v) is 3.14. The van der Waals surface area contributed by atoms with E-state index in [0.717, 1.165) is 0 Å². The number of nitrogens with zero attached hydrogens (tertiary/aromatic N) is 1. The van der Waals surface area contributed by atoms with Crippen LogP contribution in [0.15, 0.2) is 24.3 Å². The molecule has 0 heterocycles. The maximum absolute atomic E-state index is 11.1. The van der Waals surface area contributed by atoms with Crippen LogP contribution in [0.5, 0.6) is 0 Å². The number of nitro groups is 1. The van der Waals surface area contributed by atoms with Gasteiger partial charge in [-0.2, -0.15) is 0 Å². The third kappa shape index (κ3) is 3.03. The minimum atomic E-state index is -1.17. The lowest BCUT2D eigenvalue weighted by atomic mass is 10.1. The van der Waals surface area contributed by atoms with Gasteiger partial charge in [0.15, 0.2) is 0 Å². The Hall–Kier alpha value is -1.95. The molecule has 1 N–H and O–H groups in total. The average molecular weight is 225 g/mol. The van der Waals surface area contributed by atoms with Gasteiger partial charge in [0.25, 0.3) is 0 Å². The summed E-state index contributed by atoms with van der Waals surface area (Å²) in [5, 5.41) is 19.6. The molecule has 0 bridgehead atoms. The summed E-state index contributed by atoms with van der Waals surface area (Å²) >= 11 is 0. The number of hydrogen-bond donors (Lipinski definition) is 1. The van der Waals surface area contributed by atoms with E-state index >= 15 is 0 Å².